The summed E-state index contributed by atoms with van der Waals surface area (Å²) in [6, 6.07) is 5.37. The second-order valence-corrected chi connectivity index (χ2v) is 6.93. The largest absolute Gasteiger partial charge is 0.399 e. The molecule has 0 aromatic heterocycles. The fourth-order valence-corrected chi connectivity index (χ4v) is 3.72. The van der Waals surface area contributed by atoms with Gasteiger partial charge in [-0.1, -0.05) is 13.3 Å². The van der Waals surface area contributed by atoms with Crippen LogP contribution in [0.15, 0.2) is 23.1 Å². The van der Waals surface area contributed by atoms with Gasteiger partial charge in [-0.2, -0.15) is 0 Å². The Bertz CT molecular complexity index is 570. The van der Waals surface area contributed by atoms with E-state index in [0.29, 0.717) is 17.4 Å². The van der Waals surface area contributed by atoms with Crippen LogP contribution in [-0.4, -0.2) is 21.0 Å². The van der Waals surface area contributed by atoms with E-state index in [1.54, 1.807) is 12.1 Å². The normalized spacial score (nSPS) is 20.1. The van der Waals surface area contributed by atoms with Gasteiger partial charge in [0.25, 0.3) is 0 Å². The van der Waals surface area contributed by atoms with E-state index >= 15 is 0 Å². The maximum absolute atomic E-state index is 11.8. The van der Waals surface area contributed by atoms with Crippen molar-refractivity contribution in [3.63, 3.8) is 0 Å². The highest BCUT2D eigenvalue weighted by Gasteiger charge is 2.26. The van der Waals surface area contributed by atoms with E-state index in [9.17, 15) is 8.42 Å². The maximum Gasteiger partial charge on any atom is 0.240 e. The second kappa shape index (κ2) is 6.01. The molecule has 0 spiro atoms. The fourth-order valence-electron chi connectivity index (χ4n) is 2.95. The highest BCUT2D eigenvalue weighted by Crippen LogP contribution is 2.33. The summed E-state index contributed by atoms with van der Waals surface area (Å²) in [6.07, 6.45) is 5.52. The van der Waals surface area contributed by atoms with Crippen LogP contribution in [0.1, 0.15) is 39.0 Å². The summed E-state index contributed by atoms with van der Waals surface area (Å²) in [7, 11) is -3.77. The Labute approximate surface area is 121 Å². The van der Waals surface area contributed by atoms with Crippen molar-refractivity contribution in [2.45, 2.75) is 50.0 Å². The number of piperidine rings is 1. The minimum absolute atomic E-state index is 0.139. The first-order chi connectivity index (χ1) is 9.43. The average Bonchev–Trinajstić information content (AvgIpc) is 2.39. The van der Waals surface area contributed by atoms with Crippen molar-refractivity contribution < 1.29 is 8.42 Å². The molecule has 0 amide bonds. The number of nitrogens with two attached hydrogens (primary N) is 2. The molecule has 2 rings (SSSR count). The van der Waals surface area contributed by atoms with E-state index in [0.717, 1.165) is 32.2 Å². The lowest BCUT2D eigenvalue weighted by Crippen LogP contribution is -2.40. The number of hydrogen-bond donors (Lipinski definition) is 2. The first-order valence-corrected chi connectivity index (χ1v) is 8.67. The minimum Gasteiger partial charge on any atom is -0.399 e. The molecule has 1 unspecified atom stereocenters. The molecule has 4 N–H and O–H groups in total. The third kappa shape index (κ3) is 3.24. The summed E-state index contributed by atoms with van der Waals surface area (Å²) in [5, 5.41) is 5.34. The standard InChI is InChI=1S/C14H23N3O2S/c1-2-5-12-6-3-4-9-17(12)13-8-7-11(15)10-14(13)20(16,18)19/h7-8,10,12H,2-6,9,15H2,1H3,(H2,16,18,19). The molecule has 1 saturated heterocycles. The molecule has 0 saturated carbocycles. The lowest BCUT2D eigenvalue weighted by Gasteiger charge is -2.38. The second-order valence-electron chi connectivity index (χ2n) is 5.40. The van der Waals surface area contributed by atoms with Crippen molar-refractivity contribution in [2.75, 3.05) is 17.2 Å². The molecule has 1 aromatic rings. The van der Waals surface area contributed by atoms with Crippen molar-refractivity contribution >= 4 is 21.4 Å². The first-order valence-electron chi connectivity index (χ1n) is 7.12. The smallest absolute Gasteiger partial charge is 0.240 e. The molecule has 1 aliphatic heterocycles. The van der Waals surface area contributed by atoms with Crippen LogP contribution in [0, 0.1) is 0 Å². The zero-order valence-corrected chi connectivity index (χ0v) is 12.7. The number of rotatable bonds is 4. The fraction of sp³-hybridized carbons (Fsp3) is 0.571. The topological polar surface area (TPSA) is 89.4 Å². The van der Waals surface area contributed by atoms with E-state index in [4.69, 9.17) is 10.9 Å². The van der Waals surface area contributed by atoms with Crippen molar-refractivity contribution in [3.8, 4) is 0 Å². The molecule has 1 fully saturated rings. The van der Waals surface area contributed by atoms with Gasteiger partial charge >= 0.3 is 0 Å². The molecule has 0 bridgehead atoms. The number of primary sulfonamides is 1. The van der Waals surface area contributed by atoms with Gasteiger partial charge in [0.05, 0.1) is 5.69 Å². The third-order valence-corrected chi connectivity index (χ3v) is 4.79. The number of anilines is 2. The van der Waals surface area contributed by atoms with Crippen LogP contribution in [0.4, 0.5) is 11.4 Å². The lowest BCUT2D eigenvalue weighted by molar-refractivity contribution is 0.432. The van der Waals surface area contributed by atoms with Crippen molar-refractivity contribution in [3.05, 3.63) is 18.2 Å². The quantitative estimate of drug-likeness (QED) is 0.833. The Kier molecular flexibility index (Phi) is 4.55. The summed E-state index contributed by atoms with van der Waals surface area (Å²) in [4.78, 5) is 2.33. The predicted molar refractivity (Wildman–Crippen MR) is 82.1 cm³/mol. The first kappa shape index (κ1) is 15.1. The van der Waals surface area contributed by atoms with Crippen molar-refractivity contribution in [1.29, 1.82) is 0 Å². The SMILES string of the molecule is CCCC1CCCCN1c1ccc(N)cc1S(N)(=O)=O. The van der Waals surface area contributed by atoms with Crippen LogP contribution in [0.25, 0.3) is 0 Å². The third-order valence-electron chi connectivity index (χ3n) is 3.85. The Hall–Kier alpha value is -1.27. The van der Waals surface area contributed by atoms with Crippen molar-refractivity contribution in [2.24, 2.45) is 5.14 Å². The molecule has 6 heteroatoms. The zero-order valence-electron chi connectivity index (χ0n) is 11.9. The Morgan fingerprint density at radius 2 is 2.10 bits per heavy atom. The number of sulfonamides is 1. The summed E-state index contributed by atoms with van der Waals surface area (Å²) >= 11 is 0. The van der Waals surface area contributed by atoms with Crippen LogP contribution >= 0.6 is 0 Å². The van der Waals surface area contributed by atoms with Gasteiger partial charge in [-0.05, 0) is 43.9 Å². The summed E-state index contributed by atoms with van der Waals surface area (Å²) in [6.45, 7) is 3.02. The monoisotopic (exact) mass is 297 g/mol. The molecular formula is C14H23N3O2S. The zero-order chi connectivity index (χ0) is 14.8. The molecule has 0 radical (unpaired) electrons. The molecule has 1 aliphatic rings. The minimum atomic E-state index is -3.77. The predicted octanol–water partition coefficient (Wildman–Crippen LogP) is 2.08. The number of nitrogen functional groups attached to an aromatic ring is 1. The van der Waals surface area contributed by atoms with E-state index in [1.165, 1.54) is 12.5 Å². The summed E-state index contributed by atoms with van der Waals surface area (Å²) < 4.78 is 23.6. The van der Waals surface area contributed by atoms with Gasteiger partial charge in [0.2, 0.25) is 10.0 Å². The molecule has 5 nitrogen and oxygen atoms in total. The highest BCUT2D eigenvalue weighted by atomic mass is 32.2. The van der Waals surface area contributed by atoms with E-state index < -0.39 is 10.0 Å². The molecule has 1 heterocycles. The number of hydrogen-bond acceptors (Lipinski definition) is 4. The Morgan fingerprint density at radius 3 is 2.75 bits per heavy atom. The lowest BCUT2D eigenvalue weighted by atomic mass is 9.97. The molecular weight excluding hydrogens is 274 g/mol. The van der Waals surface area contributed by atoms with Crippen LogP contribution in [0.2, 0.25) is 0 Å². The van der Waals surface area contributed by atoms with Crippen LogP contribution in [0.5, 0.6) is 0 Å². The van der Waals surface area contributed by atoms with Gasteiger partial charge in [0.15, 0.2) is 0 Å². The van der Waals surface area contributed by atoms with Crippen LogP contribution in [0.3, 0.4) is 0 Å². The van der Waals surface area contributed by atoms with Gasteiger partial charge in [0, 0.05) is 18.3 Å². The number of nitrogens with zero attached hydrogens (tertiary/aromatic N) is 1. The Balaban J connectivity index is 2.45. The van der Waals surface area contributed by atoms with Crippen LogP contribution in [-0.2, 0) is 10.0 Å². The van der Waals surface area contributed by atoms with E-state index in [-0.39, 0.29) is 4.90 Å². The Morgan fingerprint density at radius 1 is 1.35 bits per heavy atom. The molecule has 20 heavy (non-hydrogen) atoms. The van der Waals surface area contributed by atoms with Gasteiger partial charge < -0.3 is 10.6 Å². The summed E-state index contributed by atoms with van der Waals surface area (Å²) in [5.74, 6) is 0. The van der Waals surface area contributed by atoms with E-state index in [1.807, 2.05) is 0 Å². The van der Waals surface area contributed by atoms with Gasteiger partial charge in [-0.3, -0.25) is 0 Å². The molecule has 1 atom stereocenters. The van der Waals surface area contributed by atoms with Gasteiger partial charge in [-0.15, -0.1) is 0 Å². The molecule has 1 aromatic carbocycles. The number of benzene rings is 1. The van der Waals surface area contributed by atoms with E-state index in [2.05, 4.69) is 11.8 Å². The van der Waals surface area contributed by atoms with Crippen LogP contribution < -0.4 is 15.8 Å². The molecule has 0 aliphatic carbocycles. The highest BCUT2D eigenvalue weighted by molar-refractivity contribution is 7.89. The van der Waals surface area contributed by atoms with Crippen molar-refractivity contribution in [1.82, 2.24) is 0 Å². The average molecular weight is 297 g/mol. The van der Waals surface area contributed by atoms with Gasteiger partial charge in [0.1, 0.15) is 4.90 Å². The van der Waals surface area contributed by atoms with Gasteiger partial charge in [-0.25, -0.2) is 13.6 Å². The maximum atomic E-state index is 11.8. The molecule has 112 valence electrons. The summed E-state index contributed by atoms with van der Waals surface area (Å²) in [5.41, 5.74) is 6.82.